The number of hydrogen-bond donors (Lipinski definition) is 1. The zero-order valence-corrected chi connectivity index (χ0v) is 12.9. The highest BCUT2D eigenvalue weighted by atomic mass is 16.6. The molecule has 0 aliphatic heterocycles. The van der Waals surface area contributed by atoms with Gasteiger partial charge >= 0.3 is 12.1 Å². The Morgan fingerprint density at radius 3 is 2.38 bits per heavy atom. The molecule has 1 amide bonds. The molecule has 0 saturated carbocycles. The molecule has 8 nitrogen and oxygen atoms in total. The molecule has 8 heteroatoms. The third-order valence-electron chi connectivity index (χ3n) is 2.47. The molecule has 0 radical (unpaired) electrons. The molecule has 0 aromatic carbocycles. The van der Waals surface area contributed by atoms with Crippen LogP contribution >= 0.6 is 0 Å². The van der Waals surface area contributed by atoms with E-state index in [0.29, 0.717) is 38.9 Å². The largest absolute Gasteiger partial charge is 0.481 e. The van der Waals surface area contributed by atoms with E-state index < -0.39 is 17.7 Å². The van der Waals surface area contributed by atoms with E-state index in [0.717, 1.165) is 0 Å². The summed E-state index contributed by atoms with van der Waals surface area (Å²) in [4.78, 5) is 26.7. The highest BCUT2D eigenvalue weighted by Crippen LogP contribution is 2.11. The lowest BCUT2D eigenvalue weighted by Gasteiger charge is -2.27. The Hall–Kier alpha value is -1.95. The van der Waals surface area contributed by atoms with Gasteiger partial charge in [0.2, 0.25) is 0 Å². The van der Waals surface area contributed by atoms with Crippen LogP contribution in [0.1, 0.15) is 46.5 Å². The molecular weight excluding hydrogens is 276 g/mol. The number of azide groups is 1. The molecule has 0 unspecified atom stereocenters. The van der Waals surface area contributed by atoms with Crippen LogP contribution in [0.25, 0.3) is 10.4 Å². The first kappa shape index (κ1) is 19.1. The van der Waals surface area contributed by atoms with Crippen LogP contribution in [0.5, 0.6) is 0 Å². The van der Waals surface area contributed by atoms with E-state index in [9.17, 15) is 9.59 Å². The van der Waals surface area contributed by atoms with Gasteiger partial charge in [-0.05, 0) is 45.6 Å². The first-order chi connectivity index (χ1) is 9.76. The molecule has 0 saturated heterocycles. The van der Waals surface area contributed by atoms with Gasteiger partial charge in [0.25, 0.3) is 0 Å². The summed E-state index contributed by atoms with van der Waals surface area (Å²) in [7, 11) is 0. The van der Waals surface area contributed by atoms with Crippen molar-refractivity contribution in [1.82, 2.24) is 4.90 Å². The highest BCUT2D eigenvalue weighted by Gasteiger charge is 2.21. The second-order valence-corrected chi connectivity index (χ2v) is 5.63. The van der Waals surface area contributed by atoms with Crippen LogP contribution < -0.4 is 0 Å². The van der Waals surface area contributed by atoms with Gasteiger partial charge in [0.15, 0.2) is 0 Å². The van der Waals surface area contributed by atoms with E-state index in [1.807, 2.05) is 0 Å². The van der Waals surface area contributed by atoms with Gasteiger partial charge in [-0.25, -0.2) is 4.79 Å². The maximum Gasteiger partial charge on any atom is 0.410 e. The molecule has 0 aliphatic rings. The Labute approximate surface area is 124 Å². The van der Waals surface area contributed by atoms with Crippen molar-refractivity contribution >= 4 is 12.1 Å². The number of carbonyl (C=O) groups excluding carboxylic acids is 1. The maximum atomic E-state index is 12.0. The molecule has 0 spiro atoms. The van der Waals surface area contributed by atoms with Crippen molar-refractivity contribution in [2.75, 3.05) is 19.6 Å². The molecule has 0 bridgehead atoms. The second-order valence-electron chi connectivity index (χ2n) is 5.63. The highest BCUT2D eigenvalue weighted by molar-refractivity contribution is 5.68. The van der Waals surface area contributed by atoms with E-state index in [-0.39, 0.29) is 6.42 Å². The van der Waals surface area contributed by atoms with Gasteiger partial charge < -0.3 is 14.7 Å². The van der Waals surface area contributed by atoms with Gasteiger partial charge in [-0.3, -0.25) is 4.79 Å². The topological polar surface area (TPSA) is 116 Å². The van der Waals surface area contributed by atoms with Crippen molar-refractivity contribution in [3.63, 3.8) is 0 Å². The van der Waals surface area contributed by atoms with Crippen molar-refractivity contribution in [3.8, 4) is 0 Å². The quantitative estimate of drug-likeness (QED) is 0.304. The number of nitrogens with zero attached hydrogens (tertiary/aromatic N) is 4. The minimum atomic E-state index is -0.845. The first-order valence-electron chi connectivity index (χ1n) is 6.97. The minimum Gasteiger partial charge on any atom is -0.481 e. The molecule has 0 fully saturated rings. The third-order valence-corrected chi connectivity index (χ3v) is 2.47. The van der Waals surface area contributed by atoms with Crippen molar-refractivity contribution in [2.45, 2.75) is 52.1 Å². The van der Waals surface area contributed by atoms with Crippen molar-refractivity contribution in [1.29, 1.82) is 0 Å². The van der Waals surface area contributed by atoms with Crippen LogP contribution in [0.4, 0.5) is 4.79 Å². The number of unbranched alkanes of at least 4 members (excludes halogenated alkanes) is 1. The molecule has 1 N–H and O–H groups in total. The predicted molar refractivity (Wildman–Crippen MR) is 77.9 cm³/mol. The van der Waals surface area contributed by atoms with E-state index in [2.05, 4.69) is 10.0 Å². The lowest BCUT2D eigenvalue weighted by molar-refractivity contribution is -0.137. The lowest BCUT2D eigenvalue weighted by atomic mass is 10.2. The standard InChI is InChI=1S/C13H24N4O4/c1-13(2,3)21-12(20)17(10-6-8-15-16-14)9-5-4-7-11(18)19/h4-10H2,1-3H3,(H,18,19). The minimum absolute atomic E-state index is 0.0842. The lowest BCUT2D eigenvalue weighted by Crippen LogP contribution is -2.38. The fourth-order valence-corrected chi connectivity index (χ4v) is 1.58. The number of ether oxygens (including phenoxy) is 1. The summed E-state index contributed by atoms with van der Waals surface area (Å²) in [5.41, 5.74) is 7.63. The Morgan fingerprint density at radius 1 is 1.24 bits per heavy atom. The van der Waals surface area contributed by atoms with Crippen LogP contribution in [-0.2, 0) is 9.53 Å². The molecule has 21 heavy (non-hydrogen) atoms. The summed E-state index contributed by atoms with van der Waals surface area (Å²) >= 11 is 0. The fraction of sp³-hybridized carbons (Fsp3) is 0.846. The zero-order chi connectivity index (χ0) is 16.3. The summed E-state index contributed by atoms with van der Waals surface area (Å²) in [5.74, 6) is -0.845. The van der Waals surface area contributed by atoms with Crippen molar-refractivity contribution < 1.29 is 19.4 Å². The monoisotopic (exact) mass is 300 g/mol. The first-order valence-corrected chi connectivity index (χ1v) is 6.97. The van der Waals surface area contributed by atoms with Crippen LogP contribution in [-0.4, -0.2) is 47.3 Å². The average molecular weight is 300 g/mol. The molecule has 0 rings (SSSR count). The summed E-state index contributed by atoms with van der Waals surface area (Å²) in [6.45, 7) is 6.51. The van der Waals surface area contributed by atoms with Crippen LogP contribution in [0.15, 0.2) is 5.11 Å². The smallest absolute Gasteiger partial charge is 0.410 e. The normalized spacial score (nSPS) is 10.6. The van der Waals surface area contributed by atoms with Gasteiger partial charge in [-0.15, -0.1) is 0 Å². The van der Waals surface area contributed by atoms with E-state index >= 15 is 0 Å². The number of aliphatic carboxylic acids is 1. The van der Waals surface area contributed by atoms with E-state index in [1.165, 1.54) is 4.90 Å². The van der Waals surface area contributed by atoms with E-state index in [4.69, 9.17) is 15.4 Å². The maximum absolute atomic E-state index is 12.0. The van der Waals surface area contributed by atoms with Gasteiger partial charge in [0, 0.05) is 31.0 Å². The summed E-state index contributed by atoms with van der Waals surface area (Å²) < 4.78 is 5.30. The summed E-state index contributed by atoms with van der Waals surface area (Å²) in [5, 5.41) is 12.0. The Morgan fingerprint density at radius 2 is 1.86 bits per heavy atom. The van der Waals surface area contributed by atoms with Gasteiger partial charge in [0.1, 0.15) is 5.60 Å². The second kappa shape index (κ2) is 9.88. The van der Waals surface area contributed by atoms with Gasteiger partial charge in [0.05, 0.1) is 0 Å². The predicted octanol–water partition coefficient (Wildman–Crippen LogP) is 3.18. The molecule has 0 atom stereocenters. The van der Waals surface area contributed by atoms with Crippen LogP contribution in [0, 0.1) is 0 Å². The Bertz CT molecular complexity index is 386. The SMILES string of the molecule is CC(C)(C)OC(=O)N(CCCCC(=O)O)CCCN=[N+]=[N-]. The number of carbonyl (C=O) groups is 2. The Balaban J connectivity index is 4.34. The molecule has 0 aromatic heterocycles. The third kappa shape index (κ3) is 11.6. The van der Waals surface area contributed by atoms with Crippen molar-refractivity contribution in [3.05, 3.63) is 10.4 Å². The molecular formula is C13H24N4O4. The Kier molecular flexibility index (Phi) is 8.96. The fourth-order valence-electron chi connectivity index (χ4n) is 1.58. The van der Waals surface area contributed by atoms with Crippen LogP contribution in [0.3, 0.4) is 0 Å². The van der Waals surface area contributed by atoms with Gasteiger partial charge in [-0.2, -0.15) is 0 Å². The average Bonchev–Trinajstić information content (AvgIpc) is 2.34. The number of rotatable bonds is 9. The molecule has 120 valence electrons. The molecule has 0 aliphatic carbocycles. The summed E-state index contributed by atoms with van der Waals surface area (Å²) in [6.07, 6.45) is 1.29. The number of carboxylic acid groups (broad SMARTS) is 1. The van der Waals surface area contributed by atoms with Gasteiger partial charge in [-0.1, -0.05) is 5.11 Å². The summed E-state index contributed by atoms with van der Waals surface area (Å²) in [6, 6.07) is 0. The molecule has 0 heterocycles. The molecule has 0 aromatic rings. The van der Waals surface area contributed by atoms with E-state index in [1.54, 1.807) is 20.8 Å². The number of hydrogen-bond acceptors (Lipinski definition) is 4. The number of carboxylic acids is 1. The zero-order valence-electron chi connectivity index (χ0n) is 12.9. The number of amides is 1. The van der Waals surface area contributed by atoms with Crippen LogP contribution in [0.2, 0.25) is 0 Å². The van der Waals surface area contributed by atoms with Crippen molar-refractivity contribution in [2.24, 2.45) is 5.11 Å².